The van der Waals surface area contributed by atoms with Crippen molar-refractivity contribution >= 4 is 39.0 Å². The van der Waals surface area contributed by atoms with Crippen molar-refractivity contribution in [3.8, 4) is 11.4 Å². The number of aromatic amines is 1. The highest BCUT2D eigenvalue weighted by atomic mass is 32.1. The standard InChI is InChI=1S/C21H22N8OS/c1-12-13(2)31-21-17(12)19(22-11-23-21)29-8-6-14(7-9-29)20(30)24-16-5-3-4-15(10-16)18-25-27-28-26-18/h3-5,10-11,14H,6-9H2,1-2H3,(H,24,30)(H,25,26,27,28). The number of carbonyl (C=O) groups is 1. The van der Waals surface area contributed by atoms with Crippen LogP contribution in [0.1, 0.15) is 23.3 Å². The van der Waals surface area contributed by atoms with Crippen LogP contribution < -0.4 is 10.2 Å². The number of nitrogens with one attached hydrogen (secondary N) is 2. The number of anilines is 2. The van der Waals surface area contributed by atoms with E-state index >= 15 is 0 Å². The lowest BCUT2D eigenvalue weighted by Gasteiger charge is -2.32. The lowest BCUT2D eigenvalue weighted by molar-refractivity contribution is -0.120. The smallest absolute Gasteiger partial charge is 0.227 e. The molecular formula is C21H22N8OS. The summed E-state index contributed by atoms with van der Waals surface area (Å²) >= 11 is 1.71. The van der Waals surface area contributed by atoms with Crippen molar-refractivity contribution in [2.24, 2.45) is 5.92 Å². The molecule has 1 aliphatic rings. The van der Waals surface area contributed by atoms with Crippen molar-refractivity contribution in [3.63, 3.8) is 0 Å². The average Bonchev–Trinajstić information content (AvgIpc) is 3.43. The van der Waals surface area contributed by atoms with E-state index in [2.05, 4.69) is 54.7 Å². The first-order valence-corrected chi connectivity index (χ1v) is 11.0. The fourth-order valence-corrected chi connectivity index (χ4v) is 5.01. The summed E-state index contributed by atoms with van der Waals surface area (Å²) in [5, 5.41) is 18.2. The Hall–Kier alpha value is -3.40. The first-order chi connectivity index (χ1) is 15.1. The molecule has 1 fully saturated rings. The van der Waals surface area contributed by atoms with Crippen LogP contribution in [-0.4, -0.2) is 49.6 Å². The molecule has 1 saturated heterocycles. The van der Waals surface area contributed by atoms with Crippen molar-refractivity contribution in [1.29, 1.82) is 0 Å². The number of hydrogen-bond donors (Lipinski definition) is 2. The lowest BCUT2D eigenvalue weighted by atomic mass is 9.95. The third-order valence-electron chi connectivity index (χ3n) is 5.84. The number of benzene rings is 1. The van der Waals surface area contributed by atoms with E-state index in [-0.39, 0.29) is 11.8 Å². The molecule has 1 aliphatic heterocycles. The van der Waals surface area contributed by atoms with Crippen LogP contribution in [0.15, 0.2) is 30.6 Å². The fourth-order valence-electron chi connectivity index (χ4n) is 4.02. The minimum Gasteiger partial charge on any atom is -0.356 e. The Morgan fingerprint density at radius 2 is 2.06 bits per heavy atom. The van der Waals surface area contributed by atoms with Gasteiger partial charge in [0.1, 0.15) is 17.0 Å². The lowest BCUT2D eigenvalue weighted by Crippen LogP contribution is -2.38. The van der Waals surface area contributed by atoms with Crippen LogP contribution in [0.5, 0.6) is 0 Å². The van der Waals surface area contributed by atoms with Gasteiger partial charge < -0.3 is 10.2 Å². The molecule has 31 heavy (non-hydrogen) atoms. The Morgan fingerprint density at radius 3 is 2.84 bits per heavy atom. The van der Waals surface area contributed by atoms with E-state index in [4.69, 9.17) is 0 Å². The monoisotopic (exact) mass is 434 g/mol. The van der Waals surface area contributed by atoms with Crippen molar-refractivity contribution < 1.29 is 4.79 Å². The molecule has 4 heterocycles. The zero-order valence-electron chi connectivity index (χ0n) is 17.3. The van der Waals surface area contributed by atoms with E-state index < -0.39 is 0 Å². The van der Waals surface area contributed by atoms with Gasteiger partial charge in [-0.15, -0.1) is 21.5 Å². The summed E-state index contributed by atoms with van der Waals surface area (Å²) in [6, 6.07) is 7.48. The van der Waals surface area contributed by atoms with E-state index in [1.807, 2.05) is 24.3 Å². The molecule has 0 bridgehead atoms. The van der Waals surface area contributed by atoms with Gasteiger partial charge in [0, 0.05) is 35.1 Å². The maximum Gasteiger partial charge on any atom is 0.227 e. The minimum absolute atomic E-state index is 0.0345. The van der Waals surface area contributed by atoms with Gasteiger partial charge in [-0.3, -0.25) is 4.79 Å². The Kier molecular flexibility index (Phi) is 5.06. The van der Waals surface area contributed by atoms with E-state index in [1.165, 1.54) is 10.4 Å². The summed E-state index contributed by atoms with van der Waals surface area (Å²) in [5.74, 6) is 1.49. The van der Waals surface area contributed by atoms with Gasteiger partial charge in [-0.25, -0.2) is 9.97 Å². The largest absolute Gasteiger partial charge is 0.356 e. The van der Waals surface area contributed by atoms with Crippen molar-refractivity contribution in [1.82, 2.24) is 30.6 Å². The predicted octanol–water partition coefficient (Wildman–Crippen LogP) is 3.34. The van der Waals surface area contributed by atoms with Crippen LogP contribution in [0, 0.1) is 19.8 Å². The number of fused-ring (bicyclic) bond motifs is 1. The predicted molar refractivity (Wildman–Crippen MR) is 120 cm³/mol. The van der Waals surface area contributed by atoms with Gasteiger partial charge in [0.2, 0.25) is 11.7 Å². The van der Waals surface area contributed by atoms with Crippen LogP contribution in [-0.2, 0) is 4.79 Å². The van der Waals surface area contributed by atoms with Gasteiger partial charge in [0.05, 0.1) is 5.39 Å². The molecule has 2 N–H and O–H groups in total. The third-order valence-corrected chi connectivity index (χ3v) is 6.96. The van der Waals surface area contributed by atoms with Crippen molar-refractivity contribution in [3.05, 3.63) is 41.0 Å². The van der Waals surface area contributed by atoms with Crippen LogP contribution in [0.25, 0.3) is 21.6 Å². The molecule has 9 nitrogen and oxygen atoms in total. The van der Waals surface area contributed by atoms with E-state index in [9.17, 15) is 4.79 Å². The molecule has 0 radical (unpaired) electrons. The van der Waals surface area contributed by atoms with E-state index in [0.717, 1.165) is 53.2 Å². The van der Waals surface area contributed by atoms with Gasteiger partial charge >= 0.3 is 0 Å². The summed E-state index contributed by atoms with van der Waals surface area (Å²) < 4.78 is 0. The number of thiophene rings is 1. The van der Waals surface area contributed by atoms with Gasteiger partial charge in [0.15, 0.2) is 0 Å². The van der Waals surface area contributed by atoms with Crippen LogP contribution in [0.3, 0.4) is 0 Å². The van der Waals surface area contributed by atoms with E-state index in [0.29, 0.717) is 5.82 Å². The minimum atomic E-state index is -0.0345. The maximum absolute atomic E-state index is 12.9. The van der Waals surface area contributed by atoms with Gasteiger partial charge in [-0.2, -0.15) is 5.21 Å². The summed E-state index contributed by atoms with van der Waals surface area (Å²) in [6.45, 7) is 5.84. The highest BCUT2D eigenvalue weighted by Gasteiger charge is 2.27. The molecule has 0 saturated carbocycles. The molecule has 0 aliphatic carbocycles. The number of H-pyrrole nitrogens is 1. The quantitative estimate of drug-likeness (QED) is 0.506. The van der Waals surface area contributed by atoms with Gasteiger partial charge in [0.25, 0.3) is 0 Å². The summed E-state index contributed by atoms with van der Waals surface area (Å²) in [4.78, 5) is 26.5. The fraction of sp³-hybridized carbons (Fsp3) is 0.333. The summed E-state index contributed by atoms with van der Waals surface area (Å²) in [5.41, 5.74) is 2.78. The van der Waals surface area contributed by atoms with Gasteiger partial charge in [-0.05, 0) is 49.6 Å². The number of aromatic nitrogens is 6. The second-order valence-electron chi connectivity index (χ2n) is 7.73. The third kappa shape index (κ3) is 3.74. The Morgan fingerprint density at radius 1 is 1.23 bits per heavy atom. The second-order valence-corrected chi connectivity index (χ2v) is 8.93. The zero-order valence-corrected chi connectivity index (χ0v) is 18.1. The highest BCUT2D eigenvalue weighted by Crippen LogP contribution is 2.35. The topological polar surface area (TPSA) is 113 Å². The summed E-state index contributed by atoms with van der Waals surface area (Å²) in [6.07, 6.45) is 3.20. The summed E-state index contributed by atoms with van der Waals surface area (Å²) in [7, 11) is 0. The van der Waals surface area contributed by atoms with Gasteiger partial charge in [-0.1, -0.05) is 12.1 Å². The number of piperidine rings is 1. The Balaban J connectivity index is 1.26. The van der Waals surface area contributed by atoms with E-state index in [1.54, 1.807) is 17.7 Å². The number of carbonyl (C=O) groups excluding carboxylic acids is 1. The molecule has 0 unspecified atom stereocenters. The molecule has 4 aromatic rings. The van der Waals surface area contributed by atoms with Crippen molar-refractivity contribution in [2.75, 3.05) is 23.3 Å². The number of aryl methyl sites for hydroxylation is 2. The van der Waals surface area contributed by atoms with Crippen LogP contribution >= 0.6 is 11.3 Å². The zero-order chi connectivity index (χ0) is 21.4. The molecule has 158 valence electrons. The highest BCUT2D eigenvalue weighted by molar-refractivity contribution is 7.18. The molecule has 3 aromatic heterocycles. The SMILES string of the molecule is Cc1sc2ncnc(N3CCC(C(=O)Nc4cccc(-c5nn[nH]n5)c4)CC3)c2c1C. The Bertz CT molecular complexity index is 1230. The first-order valence-electron chi connectivity index (χ1n) is 10.2. The second kappa shape index (κ2) is 8.03. The number of rotatable bonds is 4. The molecular weight excluding hydrogens is 412 g/mol. The molecule has 0 atom stereocenters. The molecule has 1 amide bonds. The average molecular weight is 435 g/mol. The Labute approximate surface area is 182 Å². The number of nitrogens with zero attached hydrogens (tertiary/aromatic N) is 6. The maximum atomic E-state index is 12.9. The van der Waals surface area contributed by atoms with Crippen LogP contribution in [0.4, 0.5) is 11.5 Å². The van der Waals surface area contributed by atoms with Crippen molar-refractivity contribution in [2.45, 2.75) is 26.7 Å². The number of hydrogen-bond acceptors (Lipinski definition) is 8. The molecule has 1 aromatic carbocycles. The first kappa shape index (κ1) is 19.6. The molecule has 5 rings (SSSR count). The molecule has 10 heteroatoms. The van der Waals surface area contributed by atoms with Crippen LogP contribution in [0.2, 0.25) is 0 Å². The number of tetrazole rings is 1. The molecule has 0 spiro atoms. The number of amides is 1. The normalized spacial score (nSPS) is 14.8.